The van der Waals surface area contributed by atoms with Crippen molar-refractivity contribution < 1.29 is 4.79 Å². The molecule has 1 aliphatic rings. The van der Waals surface area contributed by atoms with Gasteiger partial charge in [-0.25, -0.2) is 4.98 Å². The van der Waals surface area contributed by atoms with Crippen LogP contribution in [0.1, 0.15) is 34.6 Å². The van der Waals surface area contributed by atoms with Crippen LogP contribution in [-0.4, -0.2) is 33.3 Å². The van der Waals surface area contributed by atoms with Crippen LogP contribution < -0.4 is 5.73 Å². The van der Waals surface area contributed by atoms with Crippen molar-refractivity contribution >= 4 is 29.0 Å². The minimum atomic E-state index is -0.407. The number of hydrogen-bond acceptors (Lipinski definition) is 5. The number of nitrogens with two attached hydrogens (primary N) is 1. The van der Waals surface area contributed by atoms with E-state index in [1.165, 1.54) is 5.56 Å². The molecule has 2 aromatic carbocycles. The van der Waals surface area contributed by atoms with E-state index in [2.05, 4.69) is 47.5 Å². The maximum absolute atomic E-state index is 11.3. The number of benzene rings is 2. The van der Waals surface area contributed by atoms with Gasteiger partial charge in [0.05, 0.1) is 5.69 Å². The van der Waals surface area contributed by atoms with Crippen molar-refractivity contribution in [3.63, 3.8) is 0 Å². The highest BCUT2D eigenvalue weighted by molar-refractivity contribution is 8.00. The van der Waals surface area contributed by atoms with Gasteiger partial charge in [0.2, 0.25) is 5.91 Å². The van der Waals surface area contributed by atoms with Gasteiger partial charge in [0.1, 0.15) is 5.01 Å². The van der Waals surface area contributed by atoms with E-state index in [-0.39, 0.29) is 0 Å². The van der Waals surface area contributed by atoms with Crippen molar-refractivity contribution in [2.75, 3.05) is 12.3 Å². The molecule has 2 atom stereocenters. The van der Waals surface area contributed by atoms with Crippen LogP contribution in [0.25, 0.3) is 10.6 Å². The number of nitrogens with zero attached hydrogens (tertiary/aromatic N) is 2. The Balaban J connectivity index is 1.53. The second-order valence-corrected chi connectivity index (χ2v) is 9.33. The van der Waals surface area contributed by atoms with Crippen LogP contribution >= 0.6 is 23.1 Å². The minimum Gasteiger partial charge on any atom is -0.366 e. The van der Waals surface area contributed by atoms with Gasteiger partial charge in [0, 0.05) is 46.6 Å². The summed E-state index contributed by atoms with van der Waals surface area (Å²) in [6.45, 7) is 4.23. The number of carbonyl (C=O) groups excluding carboxylic acids is 1. The summed E-state index contributed by atoms with van der Waals surface area (Å²) in [7, 11) is 0. The summed E-state index contributed by atoms with van der Waals surface area (Å²) in [6, 6.07) is 18.5. The first kappa shape index (κ1) is 19.2. The van der Waals surface area contributed by atoms with Crippen LogP contribution in [-0.2, 0) is 6.54 Å². The molecular formula is C22H23N3OS2. The van der Waals surface area contributed by atoms with E-state index in [0.717, 1.165) is 35.1 Å². The molecule has 28 heavy (non-hydrogen) atoms. The van der Waals surface area contributed by atoms with Crippen molar-refractivity contribution in [1.82, 2.24) is 9.88 Å². The molecule has 1 aliphatic heterocycles. The third-order valence-corrected chi connectivity index (χ3v) is 7.21. The fourth-order valence-corrected chi connectivity index (χ4v) is 5.73. The summed E-state index contributed by atoms with van der Waals surface area (Å²) in [6.07, 6.45) is 0. The number of rotatable bonds is 5. The molecule has 0 saturated carbocycles. The van der Waals surface area contributed by atoms with Crippen LogP contribution in [0.15, 0.2) is 60.0 Å². The molecule has 4 nitrogen and oxygen atoms in total. The first-order valence-corrected chi connectivity index (χ1v) is 11.3. The fourth-order valence-electron chi connectivity index (χ4n) is 3.69. The topological polar surface area (TPSA) is 59.2 Å². The lowest BCUT2D eigenvalue weighted by Crippen LogP contribution is -2.39. The number of hydrogen-bond donors (Lipinski definition) is 1. The number of thiazole rings is 1. The van der Waals surface area contributed by atoms with Crippen molar-refractivity contribution in [2.45, 2.75) is 24.8 Å². The monoisotopic (exact) mass is 409 g/mol. The van der Waals surface area contributed by atoms with Gasteiger partial charge in [-0.15, -0.1) is 11.3 Å². The number of thioether (sulfide) groups is 1. The molecule has 6 heteroatoms. The third-order valence-electron chi connectivity index (χ3n) is 5.07. The quantitative estimate of drug-likeness (QED) is 0.670. The van der Waals surface area contributed by atoms with Crippen molar-refractivity contribution in [3.05, 3.63) is 76.8 Å². The highest BCUT2D eigenvalue weighted by atomic mass is 32.2. The zero-order valence-electron chi connectivity index (χ0n) is 15.7. The molecule has 0 spiro atoms. The number of carbonyl (C=O) groups is 1. The van der Waals surface area contributed by atoms with Crippen LogP contribution in [0.2, 0.25) is 0 Å². The molecule has 1 saturated heterocycles. The van der Waals surface area contributed by atoms with Crippen LogP contribution in [0, 0.1) is 0 Å². The van der Waals surface area contributed by atoms with Gasteiger partial charge in [-0.05, 0) is 17.7 Å². The van der Waals surface area contributed by atoms with Gasteiger partial charge in [-0.1, -0.05) is 49.4 Å². The predicted molar refractivity (Wildman–Crippen MR) is 118 cm³/mol. The van der Waals surface area contributed by atoms with Gasteiger partial charge in [-0.2, -0.15) is 11.8 Å². The molecule has 0 radical (unpaired) electrons. The Morgan fingerprint density at radius 3 is 2.64 bits per heavy atom. The number of primary amides is 1. The lowest BCUT2D eigenvalue weighted by Gasteiger charge is -2.39. The Hall–Kier alpha value is -2.15. The lowest BCUT2D eigenvalue weighted by atomic mass is 10.0. The maximum atomic E-state index is 11.3. The van der Waals surface area contributed by atoms with Gasteiger partial charge in [-0.3, -0.25) is 9.69 Å². The van der Waals surface area contributed by atoms with Crippen LogP contribution in [0.3, 0.4) is 0 Å². The van der Waals surface area contributed by atoms with E-state index in [1.54, 1.807) is 23.5 Å². The fraction of sp³-hybridized carbons (Fsp3) is 0.273. The Labute approximate surface area is 173 Å². The molecular weight excluding hydrogens is 386 g/mol. The summed E-state index contributed by atoms with van der Waals surface area (Å²) in [5.41, 5.74) is 9.33. The standard InChI is InChI=1S/C22H23N3OS2/c1-15-20(16-5-3-2-4-6-16)25(11-12-27-15)13-19-14-28-22(24-19)18-9-7-17(8-10-18)21(23)26/h2-10,14-15,20H,11-13H2,1H3,(H2,23,26). The molecule has 1 aromatic heterocycles. The van der Waals surface area contributed by atoms with E-state index in [9.17, 15) is 4.79 Å². The highest BCUT2D eigenvalue weighted by Gasteiger charge is 2.30. The van der Waals surface area contributed by atoms with E-state index >= 15 is 0 Å². The third kappa shape index (κ3) is 4.14. The molecule has 2 heterocycles. The summed E-state index contributed by atoms with van der Waals surface area (Å²) in [5.74, 6) is 0.742. The Morgan fingerprint density at radius 1 is 1.18 bits per heavy atom. The van der Waals surface area contributed by atoms with Gasteiger partial charge in [0.15, 0.2) is 0 Å². The summed E-state index contributed by atoms with van der Waals surface area (Å²) >= 11 is 3.69. The molecule has 2 unspecified atom stereocenters. The SMILES string of the molecule is CC1SCCN(Cc2csc(-c3ccc(C(N)=O)cc3)n2)C1c1ccccc1. The molecule has 4 rings (SSSR count). The molecule has 3 aromatic rings. The summed E-state index contributed by atoms with van der Waals surface area (Å²) in [5, 5.41) is 3.67. The molecule has 144 valence electrons. The normalized spacial score (nSPS) is 20.2. The van der Waals surface area contributed by atoms with Crippen LogP contribution in [0.4, 0.5) is 0 Å². The molecule has 1 fully saturated rings. The second-order valence-electron chi connectivity index (χ2n) is 6.99. The molecule has 2 N–H and O–H groups in total. The van der Waals surface area contributed by atoms with Crippen LogP contribution in [0.5, 0.6) is 0 Å². The van der Waals surface area contributed by atoms with Crippen molar-refractivity contribution in [1.29, 1.82) is 0 Å². The average Bonchev–Trinajstić information content (AvgIpc) is 3.17. The highest BCUT2D eigenvalue weighted by Crippen LogP contribution is 2.37. The van der Waals surface area contributed by atoms with Gasteiger partial charge >= 0.3 is 0 Å². The predicted octanol–water partition coefficient (Wildman–Crippen LogP) is 4.59. The molecule has 0 bridgehead atoms. The lowest BCUT2D eigenvalue weighted by molar-refractivity contribution is 0.100. The van der Waals surface area contributed by atoms with E-state index < -0.39 is 5.91 Å². The first-order chi connectivity index (χ1) is 13.6. The van der Waals surface area contributed by atoms with Gasteiger partial charge < -0.3 is 5.73 Å². The first-order valence-electron chi connectivity index (χ1n) is 9.37. The van der Waals surface area contributed by atoms with E-state index in [1.807, 2.05) is 23.9 Å². The summed E-state index contributed by atoms with van der Waals surface area (Å²) < 4.78 is 0. The number of amides is 1. The zero-order chi connectivity index (χ0) is 19.5. The Kier molecular flexibility index (Phi) is 5.80. The van der Waals surface area contributed by atoms with E-state index in [0.29, 0.717) is 16.9 Å². The second kappa shape index (κ2) is 8.47. The molecule has 0 aliphatic carbocycles. The largest absolute Gasteiger partial charge is 0.366 e. The van der Waals surface area contributed by atoms with Crippen molar-refractivity contribution in [3.8, 4) is 10.6 Å². The average molecular weight is 410 g/mol. The Morgan fingerprint density at radius 2 is 1.93 bits per heavy atom. The number of aromatic nitrogens is 1. The maximum Gasteiger partial charge on any atom is 0.248 e. The van der Waals surface area contributed by atoms with E-state index in [4.69, 9.17) is 10.7 Å². The van der Waals surface area contributed by atoms with Gasteiger partial charge in [0.25, 0.3) is 0 Å². The van der Waals surface area contributed by atoms with Crippen molar-refractivity contribution in [2.24, 2.45) is 5.73 Å². The minimum absolute atomic E-state index is 0.403. The molecule has 1 amide bonds. The zero-order valence-corrected chi connectivity index (χ0v) is 17.4. The Bertz CT molecular complexity index is 940. The smallest absolute Gasteiger partial charge is 0.248 e. The summed E-state index contributed by atoms with van der Waals surface area (Å²) in [4.78, 5) is 18.7.